The van der Waals surface area contributed by atoms with Gasteiger partial charge in [-0.2, -0.15) is 0 Å². The number of carbonyl (C=O) groups is 2. The molecule has 0 radical (unpaired) electrons. The molecule has 1 aromatic heterocycles. The molecule has 1 unspecified atom stereocenters. The number of aromatic nitrogens is 3. The standard InChI is InChI=1S/C31H40ClN5O2S/c1-4-5-6-7-12-29(39)36-19-18-35(22-24(36)3)28(38)13-9-20-40-31-34-33-30(25-16-14-23(2)15-17-25)37(31)27-11-8-10-26(32)21-27/h8,10-11,14-17,21,24H,4-7,9,12-13,18-20,22H2,1-3H3. The summed E-state index contributed by atoms with van der Waals surface area (Å²) in [5.74, 6) is 1.87. The largest absolute Gasteiger partial charge is 0.339 e. The Kier molecular flexibility index (Phi) is 11.1. The summed E-state index contributed by atoms with van der Waals surface area (Å²) in [6.45, 7) is 8.13. The zero-order valence-corrected chi connectivity index (χ0v) is 25.4. The summed E-state index contributed by atoms with van der Waals surface area (Å²) in [4.78, 5) is 29.5. The van der Waals surface area contributed by atoms with Gasteiger partial charge < -0.3 is 9.80 Å². The molecule has 0 saturated carbocycles. The van der Waals surface area contributed by atoms with Gasteiger partial charge in [-0.05, 0) is 44.9 Å². The van der Waals surface area contributed by atoms with Gasteiger partial charge >= 0.3 is 0 Å². The molecule has 4 rings (SSSR count). The van der Waals surface area contributed by atoms with E-state index in [0.29, 0.717) is 37.5 Å². The van der Waals surface area contributed by atoms with Crippen LogP contribution in [0.3, 0.4) is 0 Å². The second-order valence-electron chi connectivity index (χ2n) is 10.5. The summed E-state index contributed by atoms with van der Waals surface area (Å²) in [7, 11) is 0. The molecule has 0 N–H and O–H groups in total. The fourth-order valence-electron chi connectivity index (χ4n) is 5.05. The highest BCUT2D eigenvalue weighted by Gasteiger charge is 2.29. The molecule has 0 bridgehead atoms. The van der Waals surface area contributed by atoms with Crippen molar-refractivity contribution in [3.8, 4) is 17.1 Å². The van der Waals surface area contributed by atoms with Gasteiger partial charge in [0, 0.05) is 54.9 Å². The first-order chi connectivity index (χ1) is 19.4. The first-order valence-electron chi connectivity index (χ1n) is 14.4. The number of halogens is 1. The Bertz CT molecular complexity index is 1280. The maximum absolute atomic E-state index is 13.0. The molecule has 9 heteroatoms. The molecular formula is C31H40ClN5O2S. The van der Waals surface area contributed by atoms with Crippen LogP contribution in [-0.2, 0) is 9.59 Å². The molecule has 40 heavy (non-hydrogen) atoms. The van der Waals surface area contributed by atoms with Crippen LogP contribution in [0, 0.1) is 6.92 Å². The summed E-state index contributed by atoms with van der Waals surface area (Å²) < 4.78 is 2.03. The van der Waals surface area contributed by atoms with E-state index in [1.165, 1.54) is 18.4 Å². The smallest absolute Gasteiger partial charge is 0.222 e. The number of nitrogens with zero attached hydrogens (tertiary/aromatic N) is 5. The lowest BCUT2D eigenvalue weighted by Crippen LogP contribution is -2.55. The molecule has 2 amide bonds. The third kappa shape index (κ3) is 7.88. The molecule has 1 fully saturated rings. The quantitative estimate of drug-likeness (QED) is 0.174. The number of aryl methyl sites for hydroxylation is 1. The van der Waals surface area contributed by atoms with Gasteiger partial charge in [0.2, 0.25) is 11.8 Å². The number of benzene rings is 2. The van der Waals surface area contributed by atoms with Gasteiger partial charge in [-0.1, -0.05) is 85.4 Å². The molecule has 0 spiro atoms. The number of unbranched alkanes of at least 4 members (excludes halogenated alkanes) is 3. The normalized spacial score (nSPS) is 15.4. The Hall–Kier alpha value is -2.84. The first kappa shape index (κ1) is 30.1. The molecule has 1 aliphatic rings. The lowest BCUT2D eigenvalue weighted by molar-refractivity contribution is -0.142. The van der Waals surface area contributed by atoms with Crippen LogP contribution in [-0.4, -0.2) is 67.8 Å². The number of piperazine rings is 1. The number of thioether (sulfide) groups is 1. The highest BCUT2D eigenvalue weighted by atomic mass is 35.5. The van der Waals surface area contributed by atoms with Crippen molar-refractivity contribution in [2.45, 2.75) is 76.9 Å². The van der Waals surface area contributed by atoms with Crippen LogP contribution in [0.5, 0.6) is 0 Å². The summed E-state index contributed by atoms with van der Waals surface area (Å²) >= 11 is 7.91. The van der Waals surface area contributed by atoms with Gasteiger partial charge in [-0.3, -0.25) is 14.2 Å². The van der Waals surface area contributed by atoms with Crippen LogP contribution in [0.1, 0.15) is 64.4 Å². The Morgan fingerprint density at radius 1 is 0.975 bits per heavy atom. The van der Waals surface area contributed by atoms with Crippen LogP contribution in [0.15, 0.2) is 53.7 Å². The van der Waals surface area contributed by atoms with E-state index >= 15 is 0 Å². The molecule has 214 valence electrons. The third-order valence-corrected chi connectivity index (χ3v) is 8.57. The summed E-state index contributed by atoms with van der Waals surface area (Å²) in [5, 5.41) is 10.4. The summed E-state index contributed by atoms with van der Waals surface area (Å²) in [5.41, 5.74) is 3.06. The van der Waals surface area contributed by atoms with Crippen molar-refractivity contribution in [3.05, 3.63) is 59.1 Å². The van der Waals surface area contributed by atoms with E-state index in [2.05, 4.69) is 36.2 Å². The molecule has 0 aliphatic carbocycles. The number of hydrogen-bond acceptors (Lipinski definition) is 5. The highest BCUT2D eigenvalue weighted by molar-refractivity contribution is 7.99. The second kappa shape index (κ2) is 14.7. The monoisotopic (exact) mass is 581 g/mol. The van der Waals surface area contributed by atoms with E-state index in [0.717, 1.165) is 47.2 Å². The molecule has 2 aromatic carbocycles. The highest BCUT2D eigenvalue weighted by Crippen LogP contribution is 2.30. The van der Waals surface area contributed by atoms with Crippen LogP contribution in [0.2, 0.25) is 5.02 Å². The van der Waals surface area contributed by atoms with Gasteiger partial charge in [0.25, 0.3) is 0 Å². The van der Waals surface area contributed by atoms with Crippen LogP contribution in [0.4, 0.5) is 0 Å². The fourth-order valence-corrected chi connectivity index (χ4v) is 6.12. The van der Waals surface area contributed by atoms with Crippen molar-refractivity contribution >= 4 is 35.2 Å². The predicted molar refractivity (Wildman–Crippen MR) is 163 cm³/mol. The second-order valence-corrected chi connectivity index (χ2v) is 12.0. The van der Waals surface area contributed by atoms with Crippen LogP contribution in [0.25, 0.3) is 17.1 Å². The van der Waals surface area contributed by atoms with Gasteiger partial charge in [-0.15, -0.1) is 10.2 Å². The minimum atomic E-state index is 0.0576. The van der Waals surface area contributed by atoms with Gasteiger partial charge in [0.05, 0.1) is 5.69 Å². The lowest BCUT2D eigenvalue weighted by Gasteiger charge is -2.40. The number of hydrogen-bond donors (Lipinski definition) is 0. The topological polar surface area (TPSA) is 71.3 Å². The Morgan fingerprint density at radius 3 is 2.48 bits per heavy atom. The van der Waals surface area contributed by atoms with Crippen molar-refractivity contribution in [1.29, 1.82) is 0 Å². The molecule has 7 nitrogen and oxygen atoms in total. The fraction of sp³-hybridized carbons (Fsp3) is 0.484. The zero-order chi connectivity index (χ0) is 28.5. The Labute approximate surface area is 247 Å². The summed E-state index contributed by atoms with van der Waals surface area (Å²) in [6.07, 6.45) is 6.22. The lowest BCUT2D eigenvalue weighted by atomic mass is 10.1. The third-order valence-electron chi connectivity index (χ3n) is 7.32. The van der Waals surface area contributed by atoms with Gasteiger partial charge in [0.1, 0.15) is 0 Å². The number of rotatable bonds is 12. The van der Waals surface area contributed by atoms with Crippen LogP contribution < -0.4 is 0 Å². The minimum absolute atomic E-state index is 0.0576. The summed E-state index contributed by atoms with van der Waals surface area (Å²) in [6, 6.07) is 16.0. The maximum Gasteiger partial charge on any atom is 0.222 e. The van der Waals surface area contributed by atoms with E-state index in [9.17, 15) is 9.59 Å². The van der Waals surface area contributed by atoms with Gasteiger partial charge in [-0.25, -0.2) is 0 Å². The average molecular weight is 582 g/mol. The van der Waals surface area contributed by atoms with E-state index in [-0.39, 0.29) is 17.9 Å². The van der Waals surface area contributed by atoms with E-state index in [1.54, 1.807) is 11.8 Å². The average Bonchev–Trinajstić information content (AvgIpc) is 3.37. The van der Waals surface area contributed by atoms with Crippen molar-refractivity contribution in [3.63, 3.8) is 0 Å². The molecule has 3 aromatic rings. The minimum Gasteiger partial charge on any atom is -0.339 e. The van der Waals surface area contributed by atoms with Crippen molar-refractivity contribution in [1.82, 2.24) is 24.6 Å². The van der Waals surface area contributed by atoms with E-state index < -0.39 is 0 Å². The first-order valence-corrected chi connectivity index (χ1v) is 15.7. The molecule has 1 saturated heterocycles. The maximum atomic E-state index is 13.0. The Balaban J connectivity index is 1.31. The molecule has 1 aliphatic heterocycles. The zero-order valence-electron chi connectivity index (χ0n) is 23.8. The van der Waals surface area contributed by atoms with E-state index in [4.69, 9.17) is 11.6 Å². The predicted octanol–water partition coefficient (Wildman–Crippen LogP) is 6.80. The molecular weight excluding hydrogens is 542 g/mol. The van der Waals surface area contributed by atoms with Crippen LogP contribution >= 0.6 is 23.4 Å². The molecule has 1 atom stereocenters. The van der Waals surface area contributed by atoms with E-state index in [1.807, 2.05) is 57.7 Å². The SMILES string of the molecule is CCCCCCC(=O)N1CCN(C(=O)CCCSc2nnc(-c3ccc(C)cc3)n2-c2cccc(Cl)c2)CC1C. The van der Waals surface area contributed by atoms with Crippen molar-refractivity contribution < 1.29 is 9.59 Å². The number of carbonyl (C=O) groups excluding carboxylic acids is 2. The Morgan fingerprint density at radius 2 is 1.75 bits per heavy atom. The van der Waals surface area contributed by atoms with Gasteiger partial charge in [0.15, 0.2) is 11.0 Å². The molecule has 2 heterocycles. The number of amides is 2. The van der Waals surface area contributed by atoms with Crippen molar-refractivity contribution in [2.24, 2.45) is 0 Å². The van der Waals surface area contributed by atoms with Crippen molar-refractivity contribution in [2.75, 3.05) is 25.4 Å².